The van der Waals surface area contributed by atoms with Crippen molar-refractivity contribution in [3.63, 3.8) is 0 Å². The van der Waals surface area contributed by atoms with E-state index in [-0.39, 0.29) is 12.1 Å². The Morgan fingerprint density at radius 2 is 1.28 bits per heavy atom. The lowest BCUT2D eigenvalue weighted by atomic mass is 9.44. The van der Waals surface area contributed by atoms with Crippen LogP contribution in [-0.4, -0.2) is 12.1 Å². The number of rotatable bonds is 21. The number of esters is 1. The lowest BCUT2D eigenvalue weighted by molar-refractivity contribution is -0.162. The summed E-state index contributed by atoms with van der Waals surface area (Å²) < 4.78 is 6.18. The van der Waals surface area contributed by atoms with Gasteiger partial charge in [0, 0.05) is 6.42 Å². The standard InChI is InChI=1S/C45H82O2/c1-8-10-11-12-13-14-15-16-17-18-19-20-21-22-43(46)47-38-29-31-44(6)37(33-38)25-26-39-41-28-27-40(45(41,7)32-30-42(39)44)35(5)23-24-36(9-2)34(3)4/h34-42H,8-33H2,1-7H3/t35?,36-,37?,38?,39?,40-,41?,42?,44+,45-/m1/s1. The summed E-state index contributed by atoms with van der Waals surface area (Å²) in [7, 11) is 0. The highest BCUT2D eigenvalue weighted by Crippen LogP contribution is 2.68. The van der Waals surface area contributed by atoms with Crippen LogP contribution >= 0.6 is 0 Å². The van der Waals surface area contributed by atoms with Gasteiger partial charge in [-0.05, 0) is 129 Å². The molecule has 4 rings (SSSR count). The normalized spacial score (nSPS) is 34.8. The second-order valence-corrected chi connectivity index (χ2v) is 18.7. The molecule has 47 heavy (non-hydrogen) atoms. The first kappa shape index (κ1) is 39.3. The topological polar surface area (TPSA) is 26.3 Å². The second-order valence-electron chi connectivity index (χ2n) is 18.7. The Labute approximate surface area is 294 Å². The molecule has 4 saturated carbocycles. The third-order valence-electron chi connectivity index (χ3n) is 15.6. The second kappa shape index (κ2) is 19.2. The number of carbonyl (C=O) groups is 1. The highest BCUT2D eigenvalue weighted by molar-refractivity contribution is 5.69. The van der Waals surface area contributed by atoms with Crippen molar-refractivity contribution in [1.29, 1.82) is 0 Å². The monoisotopic (exact) mass is 655 g/mol. The molecule has 0 aliphatic heterocycles. The first-order valence-corrected chi connectivity index (χ1v) is 21.8. The van der Waals surface area contributed by atoms with E-state index in [9.17, 15) is 4.79 Å². The van der Waals surface area contributed by atoms with Crippen molar-refractivity contribution in [3.05, 3.63) is 0 Å². The average molecular weight is 655 g/mol. The molecule has 2 nitrogen and oxygen atoms in total. The van der Waals surface area contributed by atoms with Crippen molar-refractivity contribution >= 4 is 5.97 Å². The minimum atomic E-state index is 0.0913. The Morgan fingerprint density at radius 1 is 0.681 bits per heavy atom. The fourth-order valence-corrected chi connectivity index (χ4v) is 12.5. The summed E-state index contributed by atoms with van der Waals surface area (Å²) in [5, 5.41) is 0. The highest BCUT2D eigenvalue weighted by atomic mass is 16.5. The summed E-state index contributed by atoms with van der Waals surface area (Å²) in [5.41, 5.74) is 1.04. The van der Waals surface area contributed by atoms with E-state index in [1.54, 1.807) is 0 Å². The third kappa shape index (κ3) is 10.3. The molecule has 0 saturated heterocycles. The molecule has 0 heterocycles. The van der Waals surface area contributed by atoms with E-state index in [0.717, 1.165) is 66.6 Å². The fraction of sp³-hybridized carbons (Fsp3) is 0.978. The molecular weight excluding hydrogens is 572 g/mol. The van der Waals surface area contributed by atoms with Crippen LogP contribution in [0.5, 0.6) is 0 Å². The number of unbranched alkanes of at least 4 members (excludes halogenated alkanes) is 12. The van der Waals surface area contributed by atoms with Crippen LogP contribution in [0.3, 0.4) is 0 Å². The molecule has 0 N–H and O–H groups in total. The summed E-state index contributed by atoms with van der Waals surface area (Å²) in [6, 6.07) is 0. The average Bonchev–Trinajstić information content (AvgIpc) is 3.41. The SMILES string of the molecule is CCCCCCCCCCCCCCCC(=O)OC1CC[C@@]2(C)C(CCC3C2CC[C@@]2(C)C3CC[C@@H]2C(C)CC[C@@H](CC)C(C)C)C1. The van der Waals surface area contributed by atoms with Gasteiger partial charge in [0.1, 0.15) is 6.10 Å². The molecule has 4 fully saturated rings. The summed E-state index contributed by atoms with van der Waals surface area (Å²) in [5.74, 6) is 7.20. The van der Waals surface area contributed by atoms with Crippen molar-refractivity contribution in [1.82, 2.24) is 0 Å². The van der Waals surface area contributed by atoms with Crippen LogP contribution in [0.15, 0.2) is 0 Å². The van der Waals surface area contributed by atoms with Gasteiger partial charge in [0.05, 0.1) is 0 Å². The van der Waals surface area contributed by atoms with Gasteiger partial charge in [0.2, 0.25) is 0 Å². The molecule has 0 aromatic carbocycles. The van der Waals surface area contributed by atoms with Crippen molar-refractivity contribution in [3.8, 4) is 0 Å². The van der Waals surface area contributed by atoms with Crippen LogP contribution in [0.2, 0.25) is 0 Å². The maximum atomic E-state index is 12.8. The predicted octanol–water partition coefficient (Wildman–Crippen LogP) is 14.1. The Morgan fingerprint density at radius 3 is 1.89 bits per heavy atom. The molecule has 0 radical (unpaired) electrons. The first-order valence-electron chi connectivity index (χ1n) is 21.8. The molecule has 274 valence electrons. The Balaban J connectivity index is 1.14. The zero-order valence-corrected chi connectivity index (χ0v) is 32.9. The van der Waals surface area contributed by atoms with Crippen LogP contribution in [0.1, 0.15) is 215 Å². The van der Waals surface area contributed by atoms with E-state index in [2.05, 4.69) is 48.5 Å². The van der Waals surface area contributed by atoms with E-state index in [1.807, 2.05) is 0 Å². The Bertz CT molecular complexity index is 894. The van der Waals surface area contributed by atoms with E-state index < -0.39 is 0 Å². The number of carbonyl (C=O) groups excluding carboxylic acids is 1. The van der Waals surface area contributed by atoms with E-state index in [4.69, 9.17) is 4.74 Å². The van der Waals surface area contributed by atoms with E-state index in [1.165, 1.54) is 141 Å². The molecule has 6 unspecified atom stereocenters. The summed E-state index contributed by atoms with van der Waals surface area (Å²) in [6.45, 7) is 17.6. The maximum Gasteiger partial charge on any atom is 0.306 e. The highest BCUT2D eigenvalue weighted by Gasteiger charge is 2.60. The number of ether oxygens (including phenoxy) is 1. The summed E-state index contributed by atoms with van der Waals surface area (Å²) >= 11 is 0. The lowest BCUT2D eigenvalue weighted by Gasteiger charge is -2.61. The smallest absolute Gasteiger partial charge is 0.306 e. The number of fused-ring (bicyclic) bond motifs is 5. The lowest BCUT2D eigenvalue weighted by Crippen LogP contribution is -2.54. The zero-order valence-electron chi connectivity index (χ0n) is 32.9. The van der Waals surface area contributed by atoms with Crippen LogP contribution < -0.4 is 0 Å². The van der Waals surface area contributed by atoms with E-state index in [0.29, 0.717) is 17.3 Å². The van der Waals surface area contributed by atoms with Crippen LogP contribution in [0, 0.1) is 58.2 Å². The molecule has 2 heteroatoms. The van der Waals surface area contributed by atoms with Crippen molar-refractivity contribution in [2.24, 2.45) is 58.2 Å². The largest absolute Gasteiger partial charge is 0.462 e. The van der Waals surface area contributed by atoms with Gasteiger partial charge in [-0.2, -0.15) is 0 Å². The van der Waals surface area contributed by atoms with Gasteiger partial charge >= 0.3 is 5.97 Å². The molecule has 0 bridgehead atoms. The predicted molar refractivity (Wildman–Crippen MR) is 202 cm³/mol. The van der Waals surface area contributed by atoms with Crippen molar-refractivity contribution in [2.75, 3.05) is 0 Å². The third-order valence-corrected chi connectivity index (χ3v) is 15.6. The minimum Gasteiger partial charge on any atom is -0.462 e. The van der Waals surface area contributed by atoms with Crippen LogP contribution in [0.25, 0.3) is 0 Å². The molecule has 4 aliphatic rings. The number of hydrogen-bond donors (Lipinski definition) is 0. The van der Waals surface area contributed by atoms with Crippen LogP contribution in [0.4, 0.5) is 0 Å². The molecule has 0 aromatic rings. The van der Waals surface area contributed by atoms with Gasteiger partial charge in [-0.1, -0.05) is 138 Å². The zero-order chi connectivity index (χ0) is 33.9. The molecular formula is C45H82O2. The van der Waals surface area contributed by atoms with Crippen LogP contribution in [-0.2, 0) is 9.53 Å². The van der Waals surface area contributed by atoms with Gasteiger partial charge in [0.15, 0.2) is 0 Å². The fourth-order valence-electron chi connectivity index (χ4n) is 12.5. The molecule has 4 aliphatic carbocycles. The number of hydrogen-bond acceptors (Lipinski definition) is 2. The van der Waals surface area contributed by atoms with Gasteiger partial charge < -0.3 is 4.74 Å². The Hall–Kier alpha value is -0.530. The van der Waals surface area contributed by atoms with Gasteiger partial charge in [-0.15, -0.1) is 0 Å². The van der Waals surface area contributed by atoms with Gasteiger partial charge in [-0.25, -0.2) is 0 Å². The first-order chi connectivity index (χ1) is 22.6. The van der Waals surface area contributed by atoms with Gasteiger partial charge in [-0.3, -0.25) is 4.79 Å². The molecule has 0 amide bonds. The molecule has 0 spiro atoms. The maximum absolute atomic E-state index is 12.8. The quantitative estimate of drug-likeness (QED) is 0.0909. The Kier molecular flexibility index (Phi) is 16.0. The summed E-state index contributed by atoms with van der Waals surface area (Å²) in [4.78, 5) is 12.8. The van der Waals surface area contributed by atoms with Crippen molar-refractivity contribution in [2.45, 2.75) is 222 Å². The van der Waals surface area contributed by atoms with E-state index >= 15 is 0 Å². The summed E-state index contributed by atoms with van der Waals surface area (Å²) in [6.07, 6.45) is 34.8. The van der Waals surface area contributed by atoms with Crippen molar-refractivity contribution < 1.29 is 9.53 Å². The molecule has 0 aromatic heterocycles. The van der Waals surface area contributed by atoms with Gasteiger partial charge in [0.25, 0.3) is 0 Å². The minimum absolute atomic E-state index is 0.0913. The molecule has 10 atom stereocenters.